The predicted octanol–water partition coefficient (Wildman–Crippen LogP) is 5.42. The number of carbonyl (C=O) groups excluding carboxylic acids is 3. The molecular weight excluding hydrogens is 593 g/mol. The van der Waals surface area contributed by atoms with E-state index in [1.54, 1.807) is 53.6 Å². The van der Waals surface area contributed by atoms with Crippen LogP contribution >= 0.6 is 0 Å². The molecule has 2 atom stereocenters. The first-order valence-corrected chi connectivity index (χ1v) is 15.0. The van der Waals surface area contributed by atoms with Gasteiger partial charge in [-0.3, -0.25) is 19.5 Å². The summed E-state index contributed by atoms with van der Waals surface area (Å²) in [6, 6.07) is 17.8. The molecule has 1 saturated carbocycles. The maximum Gasteiger partial charge on any atom is 0.415 e. The third-order valence-electron chi connectivity index (χ3n) is 8.99. The summed E-state index contributed by atoms with van der Waals surface area (Å²) in [7, 11) is 3.58. The molecule has 7 rings (SSSR count). The number of hydrogen-bond donors (Lipinski definition) is 2. The molecule has 0 spiro atoms. The quantitative estimate of drug-likeness (QED) is 0.249. The molecule has 3 heterocycles. The van der Waals surface area contributed by atoms with E-state index in [1.165, 1.54) is 31.4 Å². The molecule has 11 nitrogen and oxygen atoms in total. The number of piperazine rings is 1. The maximum atomic E-state index is 13.2. The van der Waals surface area contributed by atoms with Crippen LogP contribution in [-0.2, 0) is 9.59 Å². The van der Waals surface area contributed by atoms with Crippen LogP contribution in [0.15, 0.2) is 72.9 Å². The predicted molar refractivity (Wildman–Crippen MR) is 168 cm³/mol. The Morgan fingerprint density at radius 1 is 0.870 bits per heavy atom. The summed E-state index contributed by atoms with van der Waals surface area (Å²) in [5.41, 5.74) is 0.314. The molecule has 2 N–H and O–H groups in total. The molecule has 46 heavy (non-hydrogen) atoms. The van der Waals surface area contributed by atoms with E-state index in [2.05, 4.69) is 27.6 Å². The molecule has 0 unspecified atom stereocenters. The van der Waals surface area contributed by atoms with Gasteiger partial charge in [0.15, 0.2) is 11.5 Å². The van der Waals surface area contributed by atoms with Crippen molar-refractivity contribution in [1.82, 2.24) is 14.8 Å². The highest BCUT2D eigenvalue weighted by Crippen LogP contribution is 2.47. The number of benzene rings is 3. The topological polar surface area (TPSA) is 122 Å². The average Bonchev–Trinajstić information content (AvgIpc) is 3.66. The van der Waals surface area contributed by atoms with E-state index in [9.17, 15) is 18.8 Å². The number of amides is 3. The highest BCUT2D eigenvalue weighted by Gasteiger charge is 2.56. The van der Waals surface area contributed by atoms with E-state index in [0.29, 0.717) is 65.0 Å². The summed E-state index contributed by atoms with van der Waals surface area (Å²) >= 11 is 0. The second kappa shape index (κ2) is 11.6. The lowest BCUT2D eigenvalue weighted by Crippen LogP contribution is -2.48. The lowest BCUT2D eigenvalue weighted by atomic mass is 10.0. The van der Waals surface area contributed by atoms with Crippen LogP contribution in [-0.4, -0.2) is 72.0 Å². The summed E-state index contributed by atoms with van der Waals surface area (Å²) < 4.78 is 30.7. The number of nitrogens with one attached hydrogen (secondary N) is 2. The van der Waals surface area contributed by atoms with E-state index in [4.69, 9.17) is 14.2 Å². The molecule has 12 heteroatoms. The van der Waals surface area contributed by atoms with Gasteiger partial charge in [0.2, 0.25) is 11.8 Å². The van der Waals surface area contributed by atoms with Crippen LogP contribution in [0.25, 0.3) is 10.9 Å². The fourth-order valence-corrected chi connectivity index (χ4v) is 6.15. The van der Waals surface area contributed by atoms with Crippen molar-refractivity contribution in [3.8, 4) is 23.0 Å². The fraction of sp³-hybridized carbons (Fsp3) is 0.294. The van der Waals surface area contributed by atoms with Crippen molar-refractivity contribution in [3.05, 3.63) is 78.7 Å². The minimum atomic E-state index is -1.17. The summed E-state index contributed by atoms with van der Waals surface area (Å²) in [6.07, 6.45) is 2.99. The van der Waals surface area contributed by atoms with Gasteiger partial charge in [0, 0.05) is 54.2 Å². The number of rotatable bonds is 8. The number of methoxy groups -OCH3 is 1. The third kappa shape index (κ3) is 5.56. The van der Waals surface area contributed by atoms with E-state index >= 15 is 0 Å². The molecule has 3 aliphatic rings. The van der Waals surface area contributed by atoms with Crippen LogP contribution in [0.3, 0.4) is 0 Å². The van der Waals surface area contributed by atoms with Crippen LogP contribution in [0.1, 0.15) is 19.3 Å². The van der Waals surface area contributed by atoms with E-state index < -0.39 is 29.1 Å². The van der Waals surface area contributed by atoms with Crippen LogP contribution in [0, 0.1) is 11.2 Å². The Bertz CT molecular complexity index is 1830. The summed E-state index contributed by atoms with van der Waals surface area (Å²) in [4.78, 5) is 47.4. The Hall–Kier alpha value is -5.23. The summed E-state index contributed by atoms with van der Waals surface area (Å²) in [5.74, 6) is 0.415. The van der Waals surface area contributed by atoms with Gasteiger partial charge in [0.05, 0.1) is 12.6 Å². The standard InChI is InChI=1S/C34H32FN5O6/c1-39-18-24-15-23(39)19-40(24)33(43)46-30-17-27-26(16-29(30)44-2)28(11-14-36-27)45-25-9-7-22(8-10-25)38-32(42)34(12-13-34)31(41)37-21-5-3-20(35)4-6-21/h3-11,14,16-17,23-24H,12-13,15,18-19H2,1-2H3,(H,37,41)(H,38,42)/t23-,24-/m0/s1. The van der Waals surface area contributed by atoms with Crippen molar-refractivity contribution < 1.29 is 33.0 Å². The van der Waals surface area contributed by atoms with Gasteiger partial charge in [0.1, 0.15) is 22.7 Å². The largest absolute Gasteiger partial charge is 0.493 e. The number of aromatic nitrogens is 1. The van der Waals surface area contributed by atoms with Crippen LogP contribution in [0.2, 0.25) is 0 Å². The van der Waals surface area contributed by atoms with Gasteiger partial charge in [-0.2, -0.15) is 0 Å². The van der Waals surface area contributed by atoms with Crippen LogP contribution in [0.4, 0.5) is 20.6 Å². The molecule has 2 saturated heterocycles. The fourth-order valence-electron chi connectivity index (χ4n) is 6.15. The number of nitrogens with zero attached hydrogens (tertiary/aromatic N) is 3. The van der Waals surface area contributed by atoms with Gasteiger partial charge in [-0.25, -0.2) is 9.18 Å². The van der Waals surface area contributed by atoms with Crippen molar-refractivity contribution in [2.24, 2.45) is 5.41 Å². The van der Waals surface area contributed by atoms with Gasteiger partial charge < -0.3 is 29.7 Å². The first kappa shape index (κ1) is 29.5. The average molecular weight is 626 g/mol. The van der Waals surface area contributed by atoms with Crippen LogP contribution in [0.5, 0.6) is 23.0 Å². The molecule has 1 aliphatic carbocycles. The third-order valence-corrected chi connectivity index (χ3v) is 8.99. The number of likely N-dealkylation sites (N-methyl/N-ethyl adjacent to an activating group) is 1. The van der Waals surface area contributed by atoms with Gasteiger partial charge in [-0.15, -0.1) is 0 Å². The van der Waals surface area contributed by atoms with Crippen molar-refractivity contribution in [3.63, 3.8) is 0 Å². The van der Waals surface area contributed by atoms with Gasteiger partial charge >= 0.3 is 6.09 Å². The number of ether oxygens (including phenoxy) is 3. The Labute approximate surface area is 264 Å². The lowest BCUT2D eigenvalue weighted by molar-refractivity contribution is -0.131. The van der Waals surface area contributed by atoms with E-state index in [-0.39, 0.29) is 11.8 Å². The van der Waals surface area contributed by atoms with Crippen LogP contribution < -0.4 is 24.8 Å². The number of pyridine rings is 1. The second-order valence-electron chi connectivity index (χ2n) is 12.0. The second-order valence-corrected chi connectivity index (χ2v) is 12.0. The molecule has 0 radical (unpaired) electrons. The number of likely N-dealkylation sites (tertiary alicyclic amines) is 2. The molecule has 3 amide bonds. The zero-order valence-corrected chi connectivity index (χ0v) is 25.3. The molecule has 3 fully saturated rings. The monoisotopic (exact) mass is 625 g/mol. The van der Waals surface area contributed by atoms with Gasteiger partial charge in [-0.05, 0) is 87.0 Å². The summed E-state index contributed by atoms with van der Waals surface area (Å²) in [6.45, 7) is 1.48. The molecule has 3 aromatic carbocycles. The molecule has 4 aromatic rings. The SMILES string of the molecule is COc1cc2c(Oc3ccc(NC(=O)C4(C(=O)Nc5ccc(F)cc5)CC4)cc3)ccnc2cc1OC(=O)N1C[C@@H]2C[C@H]1CN2C. The maximum absolute atomic E-state index is 13.2. The summed E-state index contributed by atoms with van der Waals surface area (Å²) in [5, 5.41) is 6.18. The minimum Gasteiger partial charge on any atom is -0.493 e. The molecule has 1 aromatic heterocycles. The smallest absolute Gasteiger partial charge is 0.415 e. The van der Waals surface area contributed by atoms with E-state index in [0.717, 1.165) is 13.0 Å². The van der Waals surface area contributed by atoms with E-state index in [1.807, 2.05) is 0 Å². The first-order valence-electron chi connectivity index (χ1n) is 15.0. The highest BCUT2D eigenvalue weighted by molar-refractivity contribution is 6.16. The van der Waals surface area contributed by atoms with Crippen molar-refractivity contribution in [1.29, 1.82) is 0 Å². The molecule has 2 bridgehead atoms. The number of hydrogen-bond acceptors (Lipinski definition) is 8. The number of fused-ring (bicyclic) bond motifs is 3. The van der Waals surface area contributed by atoms with Crippen molar-refractivity contribution >= 4 is 40.2 Å². The Morgan fingerprint density at radius 2 is 1.54 bits per heavy atom. The molecular formula is C34H32FN5O6. The minimum absolute atomic E-state index is 0.147. The first-order chi connectivity index (χ1) is 22.2. The number of anilines is 2. The number of halogens is 1. The number of carbonyl (C=O) groups is 3. The Kier molecular flexibility index (Phi) is 7.44. The zero-order valence-electron chi connectivity index (χ0n) is 25.3. The normalized spacial score (nSPS) is 19.5. The van der Waals surface area contributed by atoms with Crippen molar-refractivity contribution in [2.75, 3.05) is 37.9 Å². The Morgan fingerprint density at radius 3 is 2.13 bits per heavy atom. The highest BCUT2D eigenvalue weighted by atomic mass is 19.1. The molecule has 2 aliphatic heterocycles. The van der Waals surface area contributed by atoms with Gasteiger partial charge in [0.25, 0.3) is 0 Å². The lowest BCUT2D eigenvalue weighted by Gasteiger charge is -2.31. The van der Waals surface area contributed by atoms with Crippen molar-refractivity contribution in [2.45, 2.75) is 31.3 Å². The zero-order chi connectivity index (χ0) is 32.0. The van der Waals surface area contributed by atoms with Gasteiger partial charge in [-0.1, -0.05) is 0 Å². The Balaban J connectivity index is 1.02. The molecule has 236 valence electrons.